The van der Waals surface area contributed by atoms with Crippen LogP contribution >= 0.6 is 0 Å². The summed E-state index contributed by atoms with van der Waals surface area (Å²) < 4.78 is 13.3. The fourth-order valence-corrected chi connectivity index (χ4v) is 1.47. The van der Waals surface area contributed by atoms with Crippen LogP contribution in [0.15, 0.2) is 30.3 Å². The van der Waals surface area contributed by atoms with Crippen LogP contribution in [-0.2, 0) is 9.59 Å². The second kappa shape index (κ2) is 6.84. The summed E-state index contributed by atoms with van der Waals surface area (Å²) in [5.41, 5.74) is -0.694. The van der Waals surface area contributed by atoms with Crippen LogP contribution in [0.5, 0.6) is 0 Å². The Kier molecular flexibility index (Phi) is 5.43. The highest BCUT2D eigenvalue weighted by Crippen LogP contribution is 2.19. The summed E-state index contributed by atoms with van der Waals surface area (Å²) in [5.74, 6) is -1.83. The number of rotatable bonds is 6. The molecule has 1 rings (SSSR count). The van der Waals surface area contributed by atoms with Crippen molar-refractivity contribution in [2.45, 2.75) is 20.3 Å². The first-order valence-corrected chi connectivity index (χ1v) is 6.33. The number of aliphatic carboxylic acids is 1. The van der Waals surface area contributed by atoms with Crippen molar-refractivity contribution in [2.75, 3.05) is 6.54 Å². The Morgan fingerprint density at radius 1 is 1.40 bits per heavy atom. The van der Waals surface area contributed by atoms with E-state index in [0.29, 0.717) is 12.0 Å². The van der Waals surface area contributed by atoms with Gasteiger partial charge in [0.15, 0.2) is 0 Å². The summed E-state index contributed by atoms with van der Waals surface area (Å²) in [5, 5.41) is 11.6. The molecule has 0 bridgehead atoms. The second-order valence-electron chi connectivity index (χ2n) is 4.79. The zero-order chi connectivity index (χ0) is 15.2. The number of nitrogens with one attached hydrogen (secondary N) is 1. The predicted molar refractivity (Wildman–Crippen MR) is 74.5 cm³/mol. The van der Waals surface area contributed by atoms with Gasteiger partial charge in [0, 0.05) is 18.2 Å². The third-order valence-electron chi connectivity index (χ3n) is 3.27. The van der Waals surface area contributed by atoms with Gasteiger partial charge in [-0.25, -0.2) is 4.39 Å². The number of carbonyl (C=O) groups is 2. The molecule has 1 unspecified atom stereocenters. The number of benzene rings is 1. The van der Waals surface area contributed by atoms with E-state index in [4.69, 9.17) is 5.11 Å². The Bertz CT molecular complexity index is 528. The molecule has 1 aromatic rings. The van der Waals surface area contributed by atoms with Crippen LogP contribution in [0, 0.1) is 11.2 Å². The number of hydrogen-bond donors (Lipinski definition) is 2. The normalized spacial score (nSPS) is 13.9. The molecule has 0 spiro atoms. The maximum absolute atomic E-state index is 13.3. The maximum Gasteiger partial charge on any atom is 0.311 e. The second-order valence-corrected chi connectivity index (χ2v) is 4.79. The van der Waals surface area contributed by atoms with Gasteiger partial charge in [0.2, 0.25) is 5.91 Å². The summed E-state index contributed by atoms with van der Waals surface area (Å²) in [6.07, 6.45) is 2.95. The van der Waals surface area contributed by atoms with Crippen molar-refractivity contribution in [3.8, 4) is 0 Å². The topological polar surface area (TPSA) is 66.4 Å². The van der Waals surface area contributed by atoms with Crippen LogP contribution in [-0.4, -0.2) is 23.5 Å². The molecule has 0 aromatic heterocycles. The average molecular weight is 279 g/mol. The molecule has 2 N–H and O–H groups in total. The number of carboxylic acid groups (broad SMARTS) is 1. The molecule has 5 heteroatoms. The molecule has 1 amide bonds. The lowest BCUT2D eigenvalue weighted by atomic mass is 9.88. The number of hydrogen-bond acceptors (Lipinski definition) is 2. The molecule has 0 heterocycles. The molecule has 0 aliphatic heterocycles. The Balaban J connectivity index is 2.61. The van der Waals surface area contributed by atoms with Crippen molar-refractivity contribution in [2.24, 2.45) is 5.41 Å². The van der Waals surface area contributed by atoms with E-state index in [1.165, 1.54) is 18.2 Å². The van der Waals surface area contributed by atoms with Gasteiger partial charge in [-0.3, -0.25) is 9.59 Å². The Morgan fingerprint density at radius 2 is 2.05 bits per heavy atom. The minimum absolute atomic E-state index is 0.0271. The third kappa shape index (κ3) is 4.19. The van der Waals surface area contributed by atoms with Gasteiger partial charge in [0.05, 0.1) is 5.41 Å². The van der Waals surface area contributed by atoms with Gasteiger partial charge in [-0.2, -0.15) is 0 Å². The Hall–Kier alpha value is -2.17. The molecule has 108 valence electrons. The average Bonchev–Trinajstić information content (AvgIpc) is 2.43. The fourth-order valence-electron chi connectivity index (χ4n) is 1.47. The van der Waals surface area contributed by atoms with E-state index in [-0.39, 0.29) is 6.54 Å². The lowest BCUT2D eigenvalue weighted by Gasteiger charge is -2.22. The number of halogens is 1. The van der Waals surface area contributed by atoms with E-state index in [1.54, 1.807) is 32.0 Å². The van der Waals surface area contributed by atoms with Crippen LogP contribution in [0.3, 0.4) is 0 Å². The van der Waals surface area contributed by atoms with E-state index < -0.39 is 23.1 Å². The molecule has 20 heavy (non-hydrogen) atoms. The highest BCUT2D eigenvalue weighted by molar-refractivity contribution is 5.92. The standard InChI is InChI=1S/C15H18FNO3/c1-3-15(2,14(19)20)10-17-13(18)9-8-11-6-4-5-7-12(11)16/h4-9H,3,10H2,1-2H3,(H,17,18)(H,19,20)/b9-8+. The summed E-state index contributed by atoms with van der Waals surface area (Å²) in [6, 6.07) is 6.08. The maximum atomic E-state index is 13.3. The molecule has 0 fully saturated rings. The van der Waals surface area contributed by atoms with Gasteiger partial charge in [0.1, 0.15) is 5.82 Å². The minimum Gasteiger partial charge on any atom is -0.481 e. The molecule has 1 atom stereocenters. The summed E-state index contributed by atoms with van der Waals surface area (Å²) >= 11 is 0. The Morgan fingerprint density at radius 3 is 2.60 bits per heavy atom. The monoisotopic (exact) mass is 279 g/mol. The van der Waals surface area contributed by atoms with Crippen LogP contribution in [0.1, 0.15) is 25.8 Å². The van der Waals surface area contributed by atoms with Crippen LogP contribution in [0.25, 0.3) is 6.08 Å². The van der Waals surface area contributed by atoms with E-state index in [9.17, 15) is 14.0 Å². The van der Waals surface area contributed by atoms with E-state index in [1.807, 2.05) is 0 Å². The van der Waals surface area contributed by atoms with E-state index in [2.05, 4.69) is 5.32 Å². The SMILES string of the molecule is CCC(C)(CNC(=O)/C=C/c1ccccc1F)C(=O)O. The minimum atomic E-state index is -0.999. The number of amides is 1. The van der Waals surface area contributed by atoms with Crippen LogP contribution in [0.2, 0.25) is 0 Å². The molecule has 4 nitrogen and oxygen atoms in total. The Labute approximate surface area is 117 Å². The number of carbonyl (C=O) groups excluding carboxylic acids is 1. The first kappa shape index (κ1) is 15.9. The van der Waals surface area contributed by atoms with Crippen molar-refractivity contribution in [1.29, 1.82) is 0 Å². The molecular formula is C15H18FNO3. The molecule has 0 saturated heterocycles. The highest BCUT2D eigenvalue weighted by atomic mass is 19.1. The summed E-state index contributed by atoms with van der Waals surface area (Å²) in [6.45, 7) is 3.34. The van der Waals surface area contributed by atoms with Gasteiger partial charge in [-0.1, -0.05) is 25.1 Å². The lowest BCUT2D eigenvalue weighted by Crippen LogP contribution is -2.40. The van der Waals surface area contributed by atoms with Crippen molar-refractivity contribution < 1.29 is 19.1 Å². The van der Waals surface area contributed by atoms with Crippen LogP contribution in [0.4, 0.5) is 4.39 Å². The quantitative estimate of drug-likeness (QED) is 0.786. The fraction of sp³-hybridized carbons (Fsp3) is 0.333. The molecule has 0 aliphatic carbocycles. The molecule has 1 aromatic carbocycles. The van der Waals surface area contributed by atoms with Gasteiger partial charge in [-0.05, 0) is 25.5 Å². The molecular weight excluding hydrogens is 261 g/mol. The van der Waals surface area contributed by atoms with Crippen molar-refractivity contribution in [3.63, 3.8) is 0 Å². The van der Waals surface area contributed by atoms with Crippen molar-refractivity contribution in [1.82, 2.24) is 5.32 Å². The molecule has 0 radical (unpaired) electrons. The summed E-state index contributed by atoms with van der Waals surface area (Å²) in [4.78, 5) is 22.7. The predicted octanol–water partition coefficient (Wildman–Crippen LogP) is 2.46. The highest BCUT2D eigenvalue weighted by Gasteiger charge is 2.31. The molecule has 0 saturated carbocycles. The van der Waals surface area contributed by atoms with E-state index in [0.717, 1.165) is 0 Å². The summed E-state index contributed by atoms with van der Waals surface area (Å²) in [7, 11) is 0. The smallest absolute Gasteiger partial charge is 0.311 e. The van der Waals surface area contributed by atoms with Crippen molar-refractivity contribution >= 4 is 18.0 Å². The largest absolute Gasteiger partial charge is 0.481 e. The third-order valence-corrected chi connectivity index (χ3v) is 3.27. The first-order chi connectivity index (χ1) is 9.39. The van der Waals surface area contributed by atoms with E-state index >= 15 is 0 Å². The number of carboxylic acids is 1. The van der Waals surface area contributed by atoms with Gasteiger partial charge < -0.3 is 10.4 Å². The zero-order valence-corrected chi connectivity index (χ0v) is 11.5. The van der Waals surface area contributed by atoms with Gasteiger partial charge in [0.25, 0.3) is 0 Å². The van der Waals surface area contributed by atoms with Crippen molar-refractivity contribution in [3.05, 3.63) is 41.7 Å². The van der Waals surface area contributed by atoms with Crippen LogP contribution < -0.4 is 5.32 Å². The van der Waals surface area contributed by atoms with Gasteiger partial charge in [-0.15, -0.1) is 0 Å². The molecule has 0 aliphatic rings. The zero-order valence-electron chi connectivity index (χ0n) is 11.5. The van der Waals surface area contributed by atoms with Gasteiger partial charge >= 0.3 is 5.97 Å². The lowest BCUT2D eigenvalue weighted by molar-refractivity contribution is -0.148. The first-order valence-electron chi connectivity index (χ1n) is 6.33.